The molecule has 2 N–H and O–H groups in total. The van der Waals surface area contributed by atoms with Crippen molar-refractivity contribution in [3.63, 3.8) is 0 Å². The van der Waals surface area contributed by atoms with Crippen LogP contribution in [0.25, 0.3) is 0 Å². The number of amides is 1. The Kier molecular flexibility index (Phi) is 7.16. The van der Waals surface area contributed by atoms with Crippen molar-refractivity contribution in [3.8, 4) is 0 Å². The monoisotopic (exact) mass is 244 g/mol. The van der Waals surface area contributed by atoms with Crippen LogP contribution in [0.2, 0.25) is 0 Å². The molecule has 1 aliphatic heterocycles. The van der Waals surface area contributed by atoms with Gasteiger partial charge in [-0.05, 0) is 26.3 Å². The zero-order chi connectivity index (χ0) is 12.5. The lowest BCUT2D eigenvalue weighted by molar-refractivity contribution is -0.133. The van der Waals surface area contributed by atoms with Gasteiger partial charge in [0.1, 0.15) is 6.10 Å². The standard InChI is InChI=1S/C12H24N2O3/c1-3-13-6-7-14-12(15)10(2)17-9-11-5-4-8-16-11/h10-11,13H,3-9H2,1-2H3,(H,14,15). The van der Waals surface area contributed by atoms with Gasteiger partial charge < -0.3 is 20.1 Å². The molecule has 5 nitrogen and oxygen atoms in total. The molecule has 1 rings (SSSR count). The lowest BCUT2D eigenvalue weighted by Gasteiger charge is -2.16. The van der Waals surface area contributed by atoms with Gasteiger partial charge in [-0.3, -0.25) is 4.79 Å². The molecule has 0 aliphatic carbocycles. The van der Waals surface area contributed by atoms with E-state index in [2.05, 4.69) is 10.6 Å². The molecule has 100 valence electrons. The number of ether oxygens (including phenoxy) is 2. The van der Waals surface area contributed by atoms with E-state index < -0.39 is 6.10 Å². The van der Waals surface area contributed by atoms with Crippen molar-refractivity contribution < 1.29 is 14.3 Å². The van der Waals surface area contributed by atoms with Gasteiger partial charge in [-0.15, -0.1) is 0 Å². The predicted molar refractivity (Wildman–Crippen MR) is 65.9 cm³/mol. The van der Waals surface area contributed by atoms with E-state index in [1.54, 1.807) is 6.92 Å². The average molecular weight is 244 g/mol. The largest absolute Gasteiger partial charge is 0.376 e. The minimum absolute atomic E-state index is 0.0547. The van der Waals surface area contributed by atoms with E-state index in [1.807, 2.05) is 6.92 Å². The fourth-order valence-corrected chi connectivity index (χ4v) is 1.70. The van der Waals surface area contributed by atoms with E-state index in [4.69, 9.17) is 9.47 Å². The van der Waals surface area contributed by atoms with Crippen molar-refractivity contribution >= 4 is 5.91 Å². The molecule has 1 heterocycles. The molecule has 2 unspecified atom stereocenters. The van der Waals surface area contributed by atoms with Crippen molar-refractivity contribution in [1.82, 2.24) is 10.6 Å². The van der Waals surface area contributed by atoms with Gasteiger partial charge in [-0.2, -0.15) is 0 Å². The number of hydrogen-bond donors (Lipinski definition) is 2. The molecule has 5 heteroatoms. The van der Waals surface area contributed by atoms with E-state index in [-0.39, 0.29) is 12.0 Å². The summed E-state index contributed by atoms with van der Waals surface area (Å²) in [5, 5.41) is 5.97. The van der Waals surface area contributed by atoms with Gasteiger partial charge in [-0.25, -0.2) is 0 Å². The van der Waals surface area contributed by atoms with Crippen molar-refractivity contribution in [2.75, 3.05) is 32.8 Å². The van der Waals surface area contributed by atoms with E-state index in [9.17, 15) is 4.79 Å². The molecule has 1 saturated heterocycles. The number of rotatable bonds is 8. The van der Waals surface area contributed by atoms with Crippen LogP contribution in [0.4, 0.5) is 0 Å². The summed E-state index contributed by atoms with van der Waals surface area (Å²) in [7, 11) is 0. The molecule has 0 bridgehead atoms. The lowest BCUT2D eigenvalue weighted by Crippen LogP contribution is -2.39. The highest BCUT2D eigenvalue weighted by atomic mass is 16.5. The first kappa shape index (κ1) is 14.4. The average Bonchev–Trinajstić information content (AvgIpc) is 2.84. The molecule has 0 saturated carbocycles. The normalized spacial score (nSPS) is 21.4. The van der Waals surface area contributed by atoms with Crippen LogP contribution < -0.4 is 10.6 Å². The number of nitrogens with one attached hydrogen (secondary N) is 2. The van der Waals surface area contributed by atoms with Gasteiger partial charge in [-0.1, -0.05) is 6.92 Å². The highest BCUT2D eigenvalue weighted by molar-refractivity contribution is 5.80. The van der Waals surface area contributed by atoms with Gasteiger partial charge in [0, 0.05) is 19.7 Å². The Bertz CT molecular complexity index is 218. The second-order valence-corrected chi connectivity index (χ2v) is 4.26. The molecule has 1 aliphatic rings. The van der Waals surface area contributed by atoms with Gasteiger partial charge in [0.25, 0.3) is 0 Å². The number of likely N-dealkylation sites (N-methyl/N-ethyl adjacent to an activating group) is 1. The molecular weight excluding hydrogens is 220 g/mol. The van der Waals surface area contributed by atoms with Crippen LogP contribution in [0.3, 0.4) is 0 Å². The lowest BCUT2D eigenvalue weighted by atomic mass is 10.2. The third-order valence-corrected chi connectivity index (χ3v) is 2.78. The van der Waals surface area contributed by atoms with Crippen LogP contribution in [0.15, 0.2) is 0 Å². The Morgan fingerprint density at radius 3 is 3.00 bits per heavy atom. The van der Waals surface area contributed by atoms with Gasteiger partial charge in [0.15, 0.2) is 0 Å². The SMILES string of the molecule is CCNCCNC(=O)C(C)OCC1CCCO1. The second-order valence-electron chi connectivity index (χ2n) is 4.26. The maximum atomic E-state index is 11.6. The maximum Gasteiger partial charge on any atom is 0.248 e. The summed E-state index contributed by atoms with van der Waals surface area (Å²) in [5.74, 6) is -0.0547. The Labute approximate surface area is 103 Å². The number of hydrogen-bond acceptors (Lipinski definition) is 4. The zero-order valence-corrected chi connectivity index (χ0v) is 10.8. The van der Waals surface area contributed by atoms with E-state index in [0.29, 0.717) is 13.2 Å². The van der Waals surface area contributed by atoms with Gasteiger partial charge in [0.2, 0.25) is 5.91 Å². The Morgan fingerprint density at radius 1 is 1.53 bits per heavy atom. The summed E-state index contributed by atoms with van der Waals surface area (Å²) in [5.41, 5.74) is 0. The third-order valence-electron chi connectivity index (χ3n) is 2.78. The van der Waals surface area contributed by atoms with Crippen molar-refractivity contribution in [3.05, 3.63) is 0 Å². The zero-order valence-electron chi connectivity index (χ0n) is 10.8. The molecule has 17 heavy (non-hydrogen) atoms. The second kappa shape index (κ2) is 8.44. The summed E-state index contributed by atoms with van der Waals surface area (Å²) in [6, 6.07) is 0. The predicted octanol–water partition coefficient (Wildman–Crippen LogP) is 0.296. The summed E-state index contributed by atoms with van der Waals surface area (Å²) in [6.07, 6.45) is 1.90. The van der Waals surface area contributed by atoms with Crippen molar-refractivity contribution in [2.24, 2.45) is 0 Å². The molecule has 0 spiro atoms. The van der Waals surface area contributed by atoms with Crippen molar-refractivity contribution in [2.45, 2.75) is 38.9 Å². The minimum atomic E-state index is -0.402. The summed E-state index contributed by atoms with van der Waals surface area (Å²) >= 11 is 0. The maximum absolute atomic E-state index is 11.6. The van der Waals surface area contributed by atoms with Crippen LogP contribution in [-0.2, 0) is 14.3 Å². The number of carbonyl (C=O) groups is 1. The van der Waals surface area contributed by atoms with Crippen molar-refractivity contribution in [1.29, 1.82) is 0 Å². The summed E-state index contributed by atoms with van der Waals surface area (Å²) in [4.78, 5) is 11.6. The van der Waals surface area contributed by atoms with Crippen LogP contribution in [0.5, 0.6) is 0 Å². The first-order chi connectivity index (χ1) is 8.24. The van der Waals surface area contributed by atoms with Gasteiger partial charge in [0.05, 0.1) is 12.7 Å². The number of carbonyl (C=O) groups excluding carboxylic acids is 1. The Morgan fingerprint density at radius 2 is 2.35 bits per heavy atom. The van der Waals surface area contributed by atoms with Crippen LogP contribution in [-0.4, -0.2) is 51.0 Å². The van der Waals surface area contributed by atoms with E-state index in [1.165, 1.54) is 0 Å². The van der Waals surface area contributed by atoms with Crippen LogP contribution in [0, 0.1) is 0 Å². The van der Waals surface area contributed by atoms with Crippen LogP contribution in [0.1, 0.15) is 26.7 Å². The quantitative estimate of drug-likeness (QED) is 0.603. The first-order valence-corrected chi connectivity index (χ1v) is 6.45. The molecule has 0 radical (unpaired) electrons. The third kappa shape index (κ3) is 6.00. The van der Waals surface area contributed by atoms with E-state index in [0.717, 1.165) is 32.5 Å². The molecule has 0 aromatic rings. The Hall–Kier alpha value is -0.650. The van der Waals surface area contributed by atoms with Gasteiger partial charge >= 0.3 is 0 Å². The highest BCUT2D eigenvalue weighted by Gasteiger charge is 2.19. The Balaban J connectivity index is 2.04. The fraction of sp³-hybridized carbons (Fsp3) is 0.917. The molecule has 1 amide bonds. The summed E-state index contributed by atoms with van der Waals surface area (Å²) < 4.78 is 10.9. The topological polar surface area (TPSA) is 59.6 Å². The molecule has 1 fully saturated rings. The fourth-order valence-electron chi connectivity index (χ4n) is 1.70. The molecule has 0 aromatic carbocycles. The molecular formula is C12H24N2O3. The smallest absolute Gasteiger partial charge is 0.248 e. The van der Waals surface area contributed by atoms with E-state index >= 15 is 0 Å². The first-order valence-electron chi connectivity index (χ1n) is 6.45. The molecule has 2 atom stereocenters. The minimum Gasteiger partial charge on any atom is -0.376 e. The highest BCUT2D eigenvalue weighted by Crippen LogP contribution is 2.12. The summed E-state index contributed by atoms with van der Waals surface area (Å²) in [6.45, 7) is 7.49. The van der Waals surface area contributed by atoms with Crippen LogP contribution >= 0.6 is 0 Å². The molecule has 0 aromatic heterocycles.